The molecule has 1 heteroatoms. The topological polar surface area (TPSA) is 17.1 Å². The Morgan fingerprint density at radius 1 is 1.29 bits per heavy atom. The monoisotopic (exact) mass is 234 g/mol. The van der Waals surface area contributed by atoms with Crippen molar-refractivity contribution in [1.29, 1.82) is 0 Å². The maximum absolute atomic E-state index is 12.3. The number of carbonyl (C=O) groups excluding carboxylic acids is 1. The largest absolute Gasteiger partial charge is 0.294 e. The molecule has 0 aliphatic heterocycles. The van der Waals surface area contributed by atoms with Crippen molar-refractivity contribution < 1.29 is 4.79 Å². The lowest BCUT2D eigenvalue weighted by Gasteiger charge is -2.18. The molecule has 17 heavy (non-hydrogen) atoms. The predicted octanol–water partition coefficient (Wildman–Crippen LogP) is 4.71. The van der Waals surface area contributed by atoms with E-state index in [1.807, 2.05) is 25.2 Å². The molecule has 0 amide bonds. The zero-order valence-electron chi connectivity index (χ0n) is 11.7. The van der Waals surface area contributed by atoms with Crippen molar-refractivity contribution >= 4 is 5.78 Å². The Morgan fingerprint density at radius 2 is 1.94 bits per heavy atom. The number of rotatable bonds is 8. The molecule has 0 N–H and O–H groups in total. The molecule has 0 aromatic carbocycles. The Hall–Kier alpha value is -1.11. The van der Waals surface area contributed by atoms with E-state index >= 15 is 0 Å². The van der Waals surface area contributed by atoms with Crippen LogP contribution in [-0.2, 0) is 4.79 Å². The first kappa shape index (κ1) is 15.9. The molecule has 0 radical (unpaired) electrons. The van der Waals surface area contributed by atoms with E-state index in [2.05, 4.69) is 27.4 Å². The van der Waals surface area contributed by atoms with Gasteiger partial charge in [0, 0.05) is 11.5 Å². The van der Waals surface area contributed by atoms with Gasteiger partial charge in [0.1, 0.15) is 0 Å². The van der Waals surface area contributed by atoms with Gasteiger partial charge in [-0.05, 0) is 25.7 Å². The molecule has 0 saturated carbocycles. The lowest BCUT2D eigenvalue weighted by atomic mass is 9.86. The molecule has 0 rings (SSSR count). The molecular formula is C16H26O. The molecule has 2 unspecified atom stereocenters. The Bertz CT molecular complexity index is 297. The van der Waals surface area contributed by atoms with E-state index in [0.717, 1.165) is 24.8 Å². The summed E-state index contributed by atoms with van der Waals surface area (Å²) in [5, 5.41) is 0. The molecule has 0 aliphatic rings. The van der Waals surface area contributed by atoms with Gasteiger partial charge in [0.15, 0.2) is 5.78 Å². The highest BCUT2D eigenvalue weighted by Crippen LogP contribution is 2.22. The van der Waals surface area contributed by atoms with Crippen LogP contribution in [0.3, 0.4) is 0 Å². The third kappa shape index (κ3) is 5.67. The lowest BCUT2D eigenvalue weighted by molar-refractivity contribution is -0.119. The minimum absolute atomic E-state index is 0.158. The second kappa shape index (κ2) is 8.98. The average molecular weight is 234 g/mol. The average Bonchev–Trinajstić information content (AvgIpc) is 2.36. The molecular weight excluding hydrogens is 208 g/mol. The third-order valence-corrected chi connectivity index (χ3v) is 3.25. The Kier molecular flexibility index (Phi) is 8.39. The van der Waals surface area contributed by atoms with Gasteiger partial charge >= 0.3 is 0 Å². The van der Waals surface area contributed by atoms with Gasteiger partial charge in [0.05, 0.1) is 0 Å². The van der Waals surface area contributed by atoms with E-state index in [9.17, 15) is 4.79 Å². The fourth-order valence-corrected chi connectivity index (χ4v) is 1.84. The SMILES string of the molecule is C=C/C=C\C(=C/C)C(=O)C(CC)CC(C)CC. The standard InChI is InChI=1S/C16H26O/c1-6-10-11-14(8-3)16(17)15(9-4)12-13(5)7-2/h6,8,10-11,13,15H,1,7,9,12H2,2-5H3/b11-10-,14-8+. The number of allylic oxidation sites excluding steroid dienone is 5. The summed E-state index contributed by atoms with van der Waals surface area (Å²) in [5.41, 5.74) is 0.806. The van der Waals surface area contributed by atoms with Crippen LogP contribution in [0.5, 0.6) is 0 Å². The van der Waals surface area contributed by atoms with Gasteiger partial charge in [-0.2, -0.15) is 0 Å². The fraction of sp³-hybridized carbons (Fsp3) is 0.562. The molecule has 2 atom stereocenters. The number of hydrogen-bond acceptors (Lipinski definition) is 1. The van der Waals surface area contributed by atoms with Gasteiger partial charge in [0.2, 0.25) is 0 Å². The van der Waals surface area contributed by atoms with Gasteiger partial charge in [-0.15, -0.1) is 0 Å². The maximum atomic E-state index is 12.3. The van der Waals surface area contributed by atoms with E-state index in [1.165, 1.54) is 0 Å². The Balaban J connectivity index is 4.72. The van der Waals surface area contributed by atoms with Crippen LogP contribution in [0, 0.1) is 11.8 Å². The highest BCUT2D eigenvalue weighted by molar-refractivity contribution is 5.99. The molecule has 0 bridgehead atoms. The molecule has 0 aliphatic carbocycles. The Labute approximate surface area is 106 Å². The van der Waals surface area contributed by atoms with Crippen LogP contribution in [0.1, 0.15) is 47.0 Å². The van der Waals surface area contributed by atoms with Crippen LogP contribution >= 0.6 is 0 Å². The molecule has 0 heterocycles. The number of carbonyl (C=O) groups is 1. The zero-order chi connectivity index (χ0) is 13.3. The number of ketones is 1. The summed E-state index contributed by atoms with van der Waals surface area (Å²) in [7, 11) is 0. The first-order chi connectivity index (χ1) is 8.10. The van der Waals surface area contributed by atoms with Crippen LogP contribution in [-0.4, -0.2) is 5.78 Å². The lowest BCUT2D eigenvalue weighted by Crippen LogP contribution is -2.18. The second-order valence-electron chi connectivity index (χ2n) is 4.56. The van der Waals surface area contributed by atoms with Crippen LogP contribution in [0.2, 0.25) is 0 Å². The molecule has 96 valence electrons. The van der Waals surface area contributed by atoms with Crippen LogP contribution in [0.4, 0.5) is 0 Å². The van der Waals surface area contributed by atoms with Crippen molar-refractivity contribution in [3.05, 3.63) is 36.5 Å². The van der Waals surface area contributed by atoms with Crippen molar-refractivity contribution in [3.8, 4) is 0 Å². The van der Waals surface area contributed by atoms with E-state index in [0.29, 0.717) is 5.92 Å². The van der Waals surface area contributed by atoms with Crippen molar-refractivity contribution in [1.82, 2.24) is 0 Å². The Morgan fingerprint density at radius 3 is 2.35 bits per heavy atom. The summed E-state index contributed by atoms with van der Waals surface area (Å²) in [4.78, 5) is 12.3. The second-order valence-corrected chi connectivity index (χ2v) is 4.56. The zero-order valence-corrected chi connectivity index (χ0v) is 11.7. The molecule has 0 aromatic rings. The maximum Gasteiger partial charge on any atom is 0.165 e. The van der Waals surface area contributed by atoms with Crippen molar-refractivity contribution in [2.45, 2.75) is 47.0 Å². The molecule has 0 aromatic heterocycles. The summed E-state index contributed by atoms with van der Waals surface area (Å²) in [5.74, 6) is 1.05. The summed E-state index contributed by atoms with van der Waals surface area (Å²) >= 11 is 0. The number of Topliss-reactive ketones (excluding diaryl/α,β-unsaturated/α-hetero) is 1. The third-order valence-electron chi connectivity index (χ3n) is 3.25. The normalized spacial score (nSPS) is 15.9. The first-order valence-electron chi connectivity index (χ1n) is 6.60. The van der Waals surface area contributed by atoms with E-state index in [-0.39, 0.29) is 11.7 Å². The summed E-state index contributed by atoms with van der Waals surface area (Å²) in [6.07, 6.45) is 10.3. The highest BCUT2D eigenvalue weighted by Gasteiger charge is 2.20. The van der Waals surface area contributed by atoms with E-state index < -0.39 is 0 Å². The minimum Gasteiger partial charge on any atom is -0.294 e. The summed E-state index contributed by atoms with van der Waals surface area (Å²) < 4.78 is 0. The quantitative estimate of drug-likeness (QED) is 0.439. The van der Waals surface area contributed by atoms with Crippen LogP contribution in [0.25, 0.3) is 0 Å². The van der Waals surface area contributed by atoms with Crippen LogP contribution in [0.15, 0.2) is 36.5 Å². The highest BCUT2D eigenvalue weighted by atomic mass is 16.1. The van der Waals surface area contributed by atoms with E-state index in [4.69, 9.17) is 0 Å². The van der Waals surface area contributed by atoms with Gasteiger partial charge < -0.3 is 0 Å². The van der Waals surface area contributed by atoms with Gasteiger partial charge in [-0.3, -0.25) is 4.79 Å². The molecule has 1 nitrogen and oxygen atoms in total. The van der Waals surface area contributed by atoms with Crippen LogP contribution < -0.4 is 0 Å². The van der Waals surface area contributed by atoms with Crippen molar-refractivity contribution in [3.63, 3.8) is 0 Å². The van der Waals surface area contributed by atoms with Gasteiger partial charge in [-0.25, -0.2) is 0 Å². The molecule has 0 spiro atoms. The fourth-order valence-electron chi connectivity index (χ4n) is 1.84. The predicted molar refractivity (Wildman–Crippen MR) is 76.0 cm³/mol. The first-order valence-corrected chi connectivity index (χ1v) is 6.60. The smallest absolute Gasteiger partial charge is 0.165 e. The van der Waals surface area contributed by atoms with Crippen molar-refractivity contribution in [2.24, 2.45) is 11.8 Å². The molecule has 0 saturated heterocycles. The number of hydrogen-bond donors (Lipinski definition) is 0. The van der Waals surface area contributed by atoms with Gasteiger partial charge in [-0.1, -0.05) is 58.1 Å². The minimum atomic E-state index is 0.158. The summed E-state index contributed by atoms with van der Waals surface area (Å²) in [6, 6.07) is 0. The van der Waals surface area contributed by atoms with E-state index in [1.54, 1.807) is 6.08 Å². The van der Waals surface area contributed by atoms with Gasteiger partial charge in [0.25, 0.3) is 0 Å². The summed E-state index contributed by atoms with van der Waals surface area (Å²) in [6.45, 7) is 12.0. The van der Waals surface area contributed by atoms with Crippen molar-refractivity contribution in [2.75, 3.05) is 0 Å². The molecule has 0 fully saturated rings.